The molecule has 0 unspecified atom stereocenters. The number of pyridine rings is 1. The monoisotopic (exact) mass is 594 g/mol. The first-order chi connectivity index (χ1) is 15.7. The molecule has 1 aromatic carbocycles. The van der Waals surface area contributed by atoms with Gasteiger partial charge in [-0.05, 0) is 82.3 Å². The molecule has 0 saturated carbocycles. The SMILES string of the molecule is CC1(C)CNC(=O)c2sc(Nc3ccc(I)cc3Cl)c(C(=O)NCCc3ccncc3)c2C1. The number of anilines is 2. The number of benzene rings is 1. The number of nitrogens with one attached hydrogen (secondary N) is 3. The van der Waals surface area contributed by atoms with Gasteiger partial charge in [0.05, 0.1) is 21.2 Å². The van der Waals surface area contributed by atoms with Crippen LogP contribution in [0.4, 0.5) is 10.7 Å². The van der Waals surface area contributed by atoms with Crippen LogP contribution in [-0.2, 0) is 12.8 Å². The summed E-state index contributed by atoms with van der Waals surface area (Å²) in [4.78, 5) is 30.9. The molecule has 2 amide bonds. The smallest absolute Gasteiger partial charge is 0.261 e. The number of fused-ring (bicyclic) bond motifs is 1. The van der Waals surface area contributed by atoms with Gasteiger partial charge in [0, 0.05) is 29.1 Å². The summed E-state index contributed by atoms with van der Waals surface area (Å²) in [6, 6.07) is 9.54. The largest absolute Gasteiger partial charge is 0.352 e. The minimum Gasteiger partial charge on any atom is -0.352 e. The molecule has 0 spiro atoms. The molecule has 33 heavy (non-hydrogen) atoms. The zero-order valence-electron chi connectivity index (χ0n) is 18.3. The topological polar surface area (TPSA) is 83.1 Å². The summed E-state index contributed by atoms with van der Waals surface area (Å²) in [6.45, 7) is 5.22. The molecule has 0 bridgehead atoms. The van der Waals surface area contributed by atoms with Crippen LogP contribution < -0.4 is 16.0 Å². The van der Waals surface area contributed by atoms with Gasteiger partial charge in [-0.25, -0.2) is 0 Å². The number of thiophene rings is 1. The lowest BCUT2D eigenvalue weighted by Crippen LogP contribution is -2.32. The quantitative estimate of drug-likeness (QED) is 0.333. The molecule has 1 aliphatic heterocycles. The maximum Gasteiger partial charge on any atom is 0.261 e. The van der Waals surface area contributed by atoms with Gasteiger partial charge in [0.25, 0.3) is 11.8 Å². The van der Waals surface area contributed by atoms with E-state index in [1.165, 1.54) is 11.3 Å². The number of rotatable bonds is 6. The first kappa shape index (κ1) is 24.0. The van der Waals surface area contributed by atoms with Crippen LogP contribution in [0, 0.1) is 8.99 Å². The van der Waals surface area contributed by atoms with E-state index >= 15 is 0 Å². The van der Waals surface area contributed by atoms with Crippen LogP contribution in [0.2, 0.25) is 5.02 Å². The van der Waals surface area contributed by atoms with Crippen molar-refractivity contribution in [3.05, 3.63) is 72.9 Å². The fraction of sp³-hybridized carbons (Fsp3) is 0.292. The van der Waals surface area contributed by atoms with Crippen LogP contribution in [-0.4, -0.2) is 29.9 Å². The molecular weight excluding hydrogens is 571 g/mol. The van der Waals surface area contributed by atoms with E-state index in [4.69, 9.17) is 11.6 Å². The number of carbonyl (C=O) groups excluding carboxylic acids is 2. The second-order valence-corrected chi connectivity index (χ2v) is 11.4. The molecule has 3 N–H and O–H groups in total. The lowest BCUT2D eigenvalue weighted by atomic mass is 9.85. The number of amides is 2. The lowest BCUT2D eigenvalue weighted by molar-refractivity contribution is 0.0945. The highest BCUT2D eigenvalue weighted by Gasteiger charge is 2.34. The van der Waals surface area contributed by atoms with Crippen molar-refractivity contribution in [1.82, 2.24) is 15.6 Å². The van der Waals surface area contributed by atoms with Gasteiger partial charge < -0.3 is 16.0 Å². The normalized spacial score (nSPS) is 14.7. The standard InChI is InChI=1S/C24H24ClIN4O2S/c1-24(2)12-16-19(21(31)28-10-7-14-5-8-27-9-6-14)23(33-20(16)22(32)29-13-24)30-18-4-3-15(26)11-17(18)25/h3-6,8-9,11,30H,7,10,12-13H2,1-2H3,(H,28,31)(H,29,32). The first-order valence-electron chi connectivity index (χ1n) is 10.6. The fourth-order valence-corrected chi connectivity index (χ4v) is 5.81. The van der Waals surface area contributed by atoms with Crippen LogP contribution in [0.15, 0.2) is 42.7 Å². The predicted octanol–water partition coefficient (Wildman–Crippen LogP) is 5.43. The summed E-state index contributed by atoms with van der Waals surface area (Å²) < 4.78 is 1.01. The zero-order chi connectivity index (χ0) is 23.6. The van der Waals surface area contributed by atoms with Crippen molar-refractivity contribution in [3.63, 3.8) is 0 Å². The highest BCUT2D eigenvalue weighted by Crippen LogP contribution is 2.41. The van der Waals surface area contributed by atoms with Crippen LogP contribution in [0.25, 0.3) is 0 Å². The van der Waals surface area contributed by atoms with Crippen molar-refractivity contribution in [2.24, 2.45) is 5.41 Å². The Bertz CT molecular complexity index is 1200. The summed E-state index contributed by atoms with van der Waals surface area (Å²) in [5.41, 5.74) is 2.92. The van der Waals surface area contributed by atoms with E-state index in [0.717, 1.165) is 14.7 Å². The lowest BCUT2D eigenvalue weighted by Gasteiger charge is -2.22. The molecule has 0 aliphatic carbocycles. The summed E-state index contributed by atoms with van der Waals surface area (Å²) in [7, 11) is 0. The third kappa shape index (κ3) is 5.67. The minimum atomic E-state index is -0.198. The molecule has 3 heterocycles. The van der Waals surface area contributed by atoms with Crippen molar-refractivity contribution in [3.8, 4) is 0 Å². The van der Waals surface area contributed by atoms with Crippen molar-refractivity contribution >= 4 is 68.0 Å². The van der Waals surface area contributed by atoms with Gasteiger partial charge in [0.2, 0.25) is 0 Å². The average molecular weight is 595 g/mol. The molecule has 0 saturated heterocycles. The van der Waals surface area contributed by atoms with E-state index in [9.17, 15) is 9.59 Å². The van der Waals surface area contributed by atoms with Crippen molar-refractivity contribution < 1.29 is 9.59 Å². The Labute approximate surface area is 215 Å². The van der Waals surface area contributed by atoms with Gasteiger partial charge in [-0.3, -0.25) is 14.6 Å². The van der Waals surface area contributed by atoms with Gasteiger partial charge >= 0.3 is 0 Å². The Kier molecular flexibility index (Phi) is 7.25. The summed E-state index contributed by atoms with van der Waals surface area (Å²) >= 11 is 9.94. The average Bonchev–Trinajstić information content (AvgIpc) is 3.06. The zero-order valence-corrected chi connectivity index (χ0v) is 22.0. The van der Waals surface area contributed by atoms with Crippen LogP contribution >= 0.6 is 45.5 Å². The molecule has 9 heteroatoms. The molecular formula is C24H24ClIN4O2S. The van der Waals surface area contributed by atoms with Crippen molar-refractivity contribution in [2.45, 2.75) is 26.7 Å². The van der Waals surface area contributed by atoms with Crippen molar-refractivity contribution in [1.29, 1.82) is 0 Å². The second kappa shape index (κ2) is 9.99. The summed E-state index contributed by atoms with van der Waals surface area (Å²) in [6.07, 6.45) is 4.79. The van der Waals surface area contributed by atoms with Gasteiger partial charge in [-0.2, -0.15) is 0 Å². The van der Waals surface area contributed by atoms with E-state index in [-0.39, 0.29) is 17.2 Å². The molecule has 0 atom stereocenters. The van der Waals surface area contributed by atoms with E-state index in [1.54, 1.807) is 12.4 Å². The van der Waals surface area contributed by atoms with E-state index < -0.39 is 0 Å². The molecule has 4 rings (SSSR count). The molecule has 0 radical (unpaired) electrons. The number of carbonyl (C=O) groups is 2. The third-order valence-electron chi connectivity index (χ3n) is 5.45. The molecule has 3 aromatic rings. The van der Waals surface area contributed by atoms with Gasteiger partial charge in [0.15, 0.2) is 0 Å². The highest BCUT2D eigenvalue weighted by molar-refractivity contribution is 14.1. The third-order valence-corrected chi connectivity index (χ3v) is 7.58. The Hall–Kier alpha value is -2.17. The van der Waals surface area contributed by atoms with Gasteiger partial charge in [-0.1, -0.05) is 25.4 Å². The number of hydrogen-bond donors (Lipinski definition) is 3. The number of aromatic nitrogens is 1. The minimum absolute atomic E-state index is 0.145. The molecule has 1 aliphatic rings. The number of halogens is 2. The number of nitrogens with zero attached hydrogens (tertiary/aromatic N) is 1. The molecule has 0 fully saturated rings. The first-order valence-corrected chi connectivity index (χ1v) is 12.8. The van der Waals surface area contributed by atoms with Gasteiger partial charge in [-0.15, -0.1) is 11.3 Å². The Morgan fingerprint density at radius 3 is 2.76 bits per heavy atom. The highest BCUT2D eigenvalue weighted by atomic mass is 127. The van der Waals surface area contributed by atoms with Crippen molar-refractivity contribution in [2.75, 3.05) is 18.4 Å². The summed E-state index contributed by atoms with van der Waals surface area (Å²) in [5.74, 6) is -0.343. The Balaban J connectivity index is 1.67. The fourth-order valence-electron chi connectivity index (χ4n) is 3.76. The maximum absolute atomic E-state index is 13.4. The molecule has 172 valence electrons. The van der Waals surface area contributed by atoms with E-state index in [0.29, 0.717) is 52.1 Å². The second-order valence-electron chi connectivity index (χ2n) is 8.75. The Morgan fingerprint density at radius 2 is 2.03 bits per heavy atom. The molecule has 6 nitrogen and oxygen atoms in total. The van der Waals surface area contributed by atoms with E-state index in [2.05, 4.69) is 57.4 Å². The van der Waals surface area contributed by atoms with Crippen LogP contribution in [0.1, 0.15) is 45.0 Å². The van der Waals surface area contributed by atoms with Gasteiger partial charge in [0.1, 0.15) is 5.00 Å². The number of hydrogen-bond acceptors (Lipinski definition) is 5. The van der Waals surface area contributed by atoms with Crippen LogP contribution in [0.3, 0.4) is 0 Å². The Morgan fingerprint density at radius 1 is 1.27 bits per heavy atom. The molecule has 2 aromatic heterocycles. The maximum atomic E-state index is 13.4. The van der Waals surface area contributed by atoms with Crippen LogP contribution in [0.5, 0.6) is 0 Å². The van der Waals surface area contributed by atoms with E-state index in [1.807, 2.05) is 30.3 Å². The predicted molar refractivity (Wildman–Crippen MR) is 142 cm³/mol. The summed E-state index contributed by atoms with van der Waals surface area (Å²) in [5, 5.41) is 10.5.